The van der Waals surface area contributed by atoms with Gasteiger partial charge in [0.05, 0.1) is 10.2 Å². The maximum atomic E-state index is 4.47. The highest BCUT2D eigenvalue weighted by molar-refractivity contribution is 7.19. The first-order chi connectivity index (χ1) is 7.70. The fourth-order valence-corrected chi connectivity index (χ4v) is 2.58. The Hall–Kier alpha value is -1.16. The largest absolute Gasteiger partial charge is 0.369 e. The van der Waals surface area contributed by atoms with Crippen LogP contribution in [0.25, 0.3) is 10.2 Å². The smallest absolute Gasteiger partial charge is 0.147 e. The van der Waals surface area contributed by atoms with Crippen molar-refractivity contribution >= 4 is 27.4 Å². The summed E-state index contributed by atoms with van der Waals surface area (Å²) in [4.78, 5) is 10.2. The Morgan fingerprint density at radius 2 is 2.12 bits per heavy atom. The quantitative estimate of drug-likeness (QED) is 0.824. The van der Waals surface area contributed by atoms with Crippen molar-refractivity contribution in [1.82, 2.24) is 9.97 Å². The zero-order valence-electron chi connectivity index (χ0n) is 10.0. The lowest BCUT2D eigenvalue weighted by Crippen LogP contribution is -2.04. The van der Waals surface area contributed by atoms with Crippen LogP contribution in [0.2, 0.25) is 0 Å². The molecule has 0 radical (unpaired) electrons. The molecule has 2 rings (SSSR count). The lowest BCUT2D eigenvalue weighted by atomic mass is 10.3. The molecule has 0 aromatic carbocycles. The van der Waals surface area contributed by atoms with Crippen molar-refractivity contribution in [3.05, 3.63) is 16.8 Å². The van der Waals surface area contributed by atoms with Gasteiger partial charge in [0.2, 0.25) is 0 Å². The Balaban J connectivity index is 2.34. The van der Waals surface area contributed by atoms with E-state index in [4.69, 9.17) is 0 Å². The van der Waals surface area contributed by atoms with Crippen LogP contribution in [-0.4, -0.2) is 16.5 Å². The highest BCUT2D eigenvalue weighted by Gasteiger charge is 2.08. The first-order valence-electron chi connectivity index (χ1n) is 5.69. The number of unbranched alkanes of at least 4 members (excludes halogenated alkanes) is 1. The zero-order valence-corrected chi connectivity index (χ0v) is 10.8. The maximum absolute atomic E-state index is 4.47. The lowest BCUT2D eigenvalue weighted by Gasteiger charge is -2.06. The average Bonchev–Trinajstić information content (AvgIpc) is 2.58. The molecule has 0 aliphatic heterocycles. The van der Waals surface area contributed by atoms with E-state index in [0.29, 0.717) is 0 Å². The van der Waals surface area contributed by atoms with Crippen LogP contribution >= 0.6 is 11.3 Å². The summed E-state index contributed by atoms with van der Waals surface area (Å²) in [5.41, 5.74) is 1.06. The molecule has 0 aliphatic carbocycles. The van der Waals surface area contributed by atoms with Crippen LogP contribution in [0.1, 0.15) is 30.5 Å². The van der Waals surface area contributed by atoms with E-state index in [9.17, 15) is 0 Å². The van der Waals surface area contributed by atoms with E-state index in [0.717, 1.165) is 23.7 Å². The van der Waals surface area contributed by atoms with Gasteiger partial charge in [0.1, 0.15) is 11.6 Å². The summed E-state index contributed by atoms with van der Waals surface area (Å²) >= 11 is 1.76. The first-order valence-corrected chi connectivity index (χ1v) is 6.51. The Morgan fingerprint density at radius 1 is 1.31 bits per heavy atom. The molecule has 1 N–H and O–H groups in total. The SMILES string of the molecule is CCCCNc1nc(C)nc2cc(C)sc12. The number of aromatic nitrogens is 2. The molecule has 2 aromatic heterocycles. The van der Waals surface area contributed by atoms with E-state index in [-0.39, 0.29) is 0 Å². The van der Waals surface area contributed by atoms with Crippen LogP contribution in [0.3, 0.4) is 0 Å². The van der Waals surface area contributed by atoms with Gasteiger partial charge >= 0.3 is 0 Å². The van der Waals surface area contributed by atoms with E-state index in [1.54, 1.807) is 11.3 Å². The highest BCUT2D eigenvalue weighted by Crippen LogP contribution is 2.29. The first kappa shape index (κ1) is 11.3. The third-order valence-electron chi connectivity index (χ3n) is 2.43. The van der Waals surface area contributed by atoms with Crippen LogP contribution in [0, 0.1) is 13.8 Å². The number of rotatable bonds is 4. The van der Waals surface area contributed by atoms with Crippen molar-refractivity contribution in [2.24, 2.45) is 0 Å². The summed E-state index contributed by atoms with van der Waals surface area (Å²) in [5.74, 6) is 1.83. The number of hydrogen-bond acceptors (Lipinski definition) is 4. The minimum atomic E-state index is 0.837. The Morgan fingerprint density at radius 3 is 2.88 bits per heavy atom. The topological polar surface area (TPSA) is 37.8 Å². The molecule has 0 aliphatic rings. The normalized spacial score (nSPS) is 10.9. The van der Waals surface area contributed by atoms with Gasteiger partial charge in [-0.15, -0.1) is 11.3 Å². The Labute approximate surface area is 99.9 Å². The summed E-state index contributed by atoms with van der Waals surface area (Å²) in [5, 5.41) is 3.40. The van der Waals surface area contributed by atoms with Gasteiger partial charge in [-0.2, -0.15) is 0 Å². The standard InChI is InChI=1S/C12H17N3S/c1-4-5-6-13-12-11-10(7-8(2)16-11)14-9(3)15-12/h7H,4-6H2,1-3H3,(H,13,14,15). The summed E-state index contributed by atoms with van der Waals surface area (Å²) < 4.78 is 1.18. The van der Waals surface area contributed by atoms with Crippen molar-refractivity contribution in [1.29, 1.82) is 0 Å². The lowest BCUT2D eigenvalue weighted by molar-refractivity contribution is 0.831. The number of anilines is 1. The molecule has 0 unspecified atom stereocenters. The van der Waals surface area contributed by atoms with E-state index >= 15 is 0 Å². The molecule has 2 heterocycles. The highest BCUT2D eigenvalue weighted by atomic mass is 32.1. The summed E-state index contributed by atoms with van der Waals surface area (Å²) in [6, 6.07) is 2.12. The summed E-state index contributed by atoms with van der Waals surface area (Å²) in [6.07, 6.45) is 2.37. The van der Waals surface area contributed by atoms with Gasteiger partial charge in [0, 0.05) is 11.4 Å². The number of aryl methyl sites for hydroxylation is 2. The monoisotopic (exact) mass is 235 g/mol. The van der Waals surface area contributed by atoms with Crippen molar-refractivity contribution in [3.8, 4) is 0 Å². The van der Waals surface area contributed by atoms with Crippen LogP contribution in [0.5, 0.6) is 0 Å². The van der Waals surface area contributed by atoms with Crippen LogP contribution in [-0.2, 0) is 0 Å². The van der Waals surface area contributed by atoms with Gasteiger partial charge in [0.15, 0.2) is 0 Å². The van der Waals surface area contributed by atoms with Gasteiger partial charge in [-0.25, -0.2) is 9.97 Å². The van der Waals surface area contributed by atoms with Gasteiger partial charge in [-0.05, 0) is 26.3 Å². The second kappa shape index (κ2) is 4.78. The van der Waals surface area contributed by atoms with Crippen molar-refractivity contribution in [2.45, 2.75) is 33.6 Å². The van der Waals surface area contributed by atoms with Gasteiger partial charge < -0.3 is 5.32 Å². The number of hydrogen-bond donors (Lipinski definition) is 1. The molecule has 0 saturated heterocycles. The van der Waals surface area contributed by atoms with Crippen LogP contribution in [0.15, 0.2) is 6.07 Å². The zero-order chi connectivity index (χ0) is 11.5. The van der Waals surface area contributed by atoms with Gasteiger partial charge in [-0.3, -0.25) is 0 Å². The van der Waals surface area contributed by atoms with Crippen molar-refractivity contribution < 1.29 is 0 Å². The third-order valence-corrected chi connectivity index (χ3v) is 3.48. The minimum absolute atomic E-state index is 0.837. The molecule has 0 spiro atoms. The molecule has 0 fully saturated rings. The van der Waals surface area contributed by atoms with E-state index in [2.05, 4.69) is 35.2 Å². The molecule has 0 bridgehead atoms. The molecule has 16 heavy (non-hydrogen) atoms. The van der Waals surface area contributed by atoms with Gasteiger partial charge in [-0.1, -0.05) is 13.3 Å². The third kappa shape index (κ3) is 2.32. The summed E-state index contributed by atoms with van der Waals surface area (Å²) in [7, 11) is 0. The second-order valence-corrected chi connectivity index (χ2v) is 5.23. The van der Waals surface area contributed by atoms with E-state index in [1.807, 2.05) is 6.92 Å². The number of thiophene rings is 1. The Kier molecular flexibility index (Phi) is 3.39. The molecule has 3 nitrogen and oxygen atoms in total. The molecule has 2 aromatic rings. The van der Waals surface area contributed by atoms with E-state index in [1.165, 1.54) is 22.4 Å². The molecular weight excluding hydrogens is 218 g/mol. The van der Waals surface area contributed by atoms with Crippen molar-refractivity contribution in [2.75, 3.05) is 11.9 Å². The number of nitrogens with one attached hydrogen (secondary N) is 1. The summed E-state index contributed by atoms with van der Waals surface area (Å²) in [6.45, 7) is 7.23. The predicted octanol–water partition coefficient (Wildman–Crippen LogP) is 3.52. The number of fused-ring (bicyclic) bond motifs is 1. The Bertz CT molecular complexity index is 490. The average molecular weight is 235 g/mol. The van der Waals surface area contributed by atoms with Crippen LogP contribution in [0.4, 0.5) is 5.82 Å². The molecule has 0 atom stereocenters. The minimum Gasteiger partial charge on any atom is -0.369 e. The fraction of sp³-hybridized carbons (Fsp3) is 0.500. The van der Waals surface area contributed by atoms with Crippen LogP contribution < -0.4 is 5.32 Å². The van der Waals surface area contributed by atoms with Gasteiger partial charge in [0.25, 0.3) is 0 Å². The van der Waals surface area contributed by atoms with E-state index < -0.39 is 0 Å². The van der Waals surface area contributed by atoms with Crippen molar-refractivity contribution in [3.63, 3.8) is 0 Å². The maximum Gasteiger partial charge on any atom is 0.147 e. The number of nitrogens with zero attached hydrogens (tertiary/aromatic N) is 2. The molecule has 0 saturated carbocycles. The molecule has 86 valence electrons. The molecular formula is C12H17N3S. The predicted molar refractivity (Wildman–Crippen MR) is 70.3 cm³/mol. The molecule has 4 heteroatoms. The molecule has 0 amide bonds. The fourth-order valence-electron chi connectivity index (χ4n) is 1.67. The second-order valence-electron chi connectivity index (χ2n) is 3.97.